The van der Waals surface area contributed by atoms with Crippen molar-refractivity contribution in [3.05, 3.63) is 248 Å². The number of hydrogen-bond donors (Lipinski definition) is 0. The van der Waals surface area contributed by atoms with Crippen molar-refractivity contribution >= 4 is 0 Å². The summed E-state index contributed by atoms with van der Waals surface area (Å²) in [6, 6.07) is 77.9. The molecule has 0 aliphatic heterocycles. The Bertz CT molecular complexity index is 3170. The summed E-state index contributed by atoms with van der Waals surface area (Å²) in [7, 11) is 0. The minimum Gasteiger partial charge on any atom is -0.483 e. The molecule has 5 nitrogen and oxygen atoms in total. The van der Waals surface area contributed by atoms with E-state index in [1.165, 1.54) is 5.56 Å². The molecule has 0 N–H and O–H groups in total. The number of benzene rings is 7. The molecule has 0 aliphatic carbocycles. The monoisotopic (exact) mass is 1070 g/mol. The Morgan fingerprint density at radius 3 is 1.29 bits per heavy atom. The first-order chi connectivity index (χ1) is 33.2. The Hall–Kier alpha value is -7.76. The molecule has 336 valence electrons. The van der Waals surface area contributed by atoms with Gasteiger partial charge in [-0.15, -0.1) is 108 Å². The fourth-order valence-corrected chi connectivity index (χ4v) is 8.53. The van der Waals surface area contributed by atoms with Gasteiger partial charge < -0.3 is 24.4 Å². The van der Waals surface area contributed by atoms with Crippen molar-refractivity contribution in [3.63, 3.8) is 0 Å². The van der Waals surface area contributed by atoms with Gasteiger partial charge in [-0.25, -0.2) is 0 Å². The van der Waals surface area contributed by atoms with Crippen LogP contribution in [0, 0.1) is 18.2 Å². The van der Waals surface area contributed by atoms with Crippen LogP contribution in [-0.4, -0.2) is 15.0 Å². The number of rotatable bonds is 13. The Labute approximate surface area is 418 Å². The second-order valence-corrected chi connectivity index (χ2v) is 17.7. The first kappa shape index (κ1) is 46.4. The van der Waals surface area contributed by atoms with Gasteiger partial charge in [-0.3, -0.25) is 0 Å². The largest absolute Gasteiger partial charge is 3.00 e. The van der Waals surface area contributed by atoms with Crippen LogP contribution in [0.4, 0.5) is 0 Å². The molecule has 0 fully saturated rings. The number of hydrogen-bond acceptors (Lipinski definition) is 5. The molecule has 3 heterocycles. The van der Waals surface area contributed by atoms with Gasteiger partial charge in [-0.05, 0) is 95.9 Å². The molecule has 10 rings (SSSR count). The van der Waals surface area contributed by atoms with Crippen molar-refractivity contribution in [2.45, 2.75) is 38.9 Å². The summed E-state index contributed by atoms with van der Waals surface area (Å²) in [5.74, 6) is 1.29. The van der Waals surface area contributed by atoms with Crippen LogP contribution in [0.1, 0.15) is 38.8 Å². The number of aromatic nitrogens is 3. The van der Waals surface area contributed by atoms with Crippen molar-refractivity contribution in [1.29, 1.82) is 0 Å². The molecule has 0 saturated carbocycles. The van der Waals surface area contributed by atoms with E-state index in [1.807, 2.05) is 116 Å². The van der Waals surface area contributed by atoms with Gasteiger partial charge in [0.25, 0.3) is 0 Å². The SMILES string of the molecule is CC(C)(Oc1cc(OC(C)(C)c2ccc(-c3[c-]cccc3)nc2)cc(-c2ccccc2-c2cnc(-c3[c-]cccc3)cc2-c2ccc(-c3ccccc3)cc2)c1)c1ccc(-c2[c-]cccc2)nc1.[Ir+3]. The Kier molecular flexibility index (Phi) is 13.6. The summed E-state index contributed by atoms with van der Waals surface area (Å²) in [6.45, 7) is 8.25. The first-order valence-corrected chi connectivity index (χ1v) is 22.8. The molecule has 3 aromatic heterocycles. The summed E-state index contributed by atoms with van der Waals surface area (Å²) in [6.07, 6.45) is 5.77. The van der Waals surface area contributed by atoms with E-state index in [0.29, 0.717) is 11.5 Å². The molecule has 0 aliphatic rings. The topological polar surface area (TPSA) is 57.1 Å². The van der Waals surface area contributed by atoms with Gasteiger partial charge in [0.05, 0.1) is 0 Å². The zero-order valence-electron chi connectivity index (χ0n) is 38.8. The van der Waals surface area contributed by atoms with Gasteiger partial charge in [0.2, 0.25) is 0 Å². The van der Waals surface area contributed by atoms with E-state index in [0.717, 1.165) is 83.8 Å². The van der Waals surface area contributed by atoms with E-state index in [1.54, 1.807) is 0 Å². The van der Waals surface area contributed by atoms with Crippen LogP contribution in [-0.2, 0) is 31.3 Å². The van der Waals surface area contributed by atoms with Crippen LogP contribution in [0.15, 0.2) is 219 Å². The third-order valence-electron chi connectivity index (χ3n) is 12.2. The quantitative estimate of drug-likeness (QED) is 0.108. The summed E-state index contributed by atoms with van der Waals surface area (Å²) in [5, 5.41) is 0. The average molecular weight is 1070 g/mol. The Morgan fingerprint density at radius 2 is 0.797 bits per heavy atom. The Balaban J connectivity index is 0.00000593. The molecule has 0 unspecified atom stereocenters. The molecular formula is C63H48IrN3O2. The smallest absolute Gasteiger partial charge is 0.483 e. The van der Waals surface area contributed by atoms with Crippen molar-refractivity contribution in [3.8, 4) is 89.8 Å². The minimum absolute atomic E-state index is 0. The van der Waals surface area contributed by atoms with Gasteiger partial charge >= 0.3 is 20.1 Å². The third kappa shape index (κ3) is 10.4. The predicted molar refractivity (Wildman–Crippen MR) is 275 cm³/mol. The van der Waals surface area contributed by atoms with Crippen LogP contribution in [0.5, 0.6) is 11.5 Å². The zero-order chi connectivity index (χ0) is 46.5. The van der Waals surface area contributed by atoms with Crippen molar-refractivity contribution in [2.24, 2.45) is 0 Å². The van der Waals surface area contributed by atoms with Crippen molar-refractivity contribution in [1.82, 2.24) is 15.0 Å². The van der Waals surface area contributed by atoms with Crippen LogP contribution >= 0.6 is 0 Å². The molecule has 69 heavy (non-hydrogen) atoms. The summed E-state index contributed by atoms with van der Waals surface area (Å²) in [5.41, 5.74) is 14.1. The molecule has 0 saturated heterocycles. The first-order valence-electron chi connectivity index (χ1n) is 22.8. The van der Waals surface area contributed by atoms with Crippen LogP contribution in [0.3, 0.4) is 0 Å². The molecule has 0 atom stereocenters. The minimum atomic E-state index is -0.766. The fourth-order valence-electron chi connectivity index (χ4n) is 8.53. The average Bonchev–Trinajstić information content (AvgIpc) is 3.39. The van der Waals surface area contributed by atoms with E-state index in [2.05, 4.69) is 149 Å². The van der Waals surface area contributed by atoms with Gasteiger partial charge in [-0.1, -0.05) is 109 Å². The van der Waals surface area contributed by atoms with Gasteiger partial charge in [-0.2, -0.15) is 0 Å². The molecular weight excluding hydrogens is 1020 g/mol. The van der Waals surface area contributed by atoms with Crippen molar-refractivity contribution in [2.75, 3.05) is 0 Å². The molecule has 0 spiro atoms. The van der Waals surface area contributed by atoms with Crippen LogP contribution in [0.25, 0.3) is 78.3 Å². The molecule has 6 heteroatoms. The van der Waals surface area contributed by atoms with E-state index in [9.17, 15) is 0 Å². The molecule has 0 radical (unpaired) electrons. The molecule has 0 amide bonds. The predicted octanol–water partition coefficient (Wildman–Crippen LogP) is 15.6. The van der Waals surface area contributed by atoms with Gasteiger partial charge in [0.15, 0.2) is 0 Å². The van der Waals surface area contributed by atoms with E-state index in [-0.39, 0.29) is 20.1 Å². The fraction of sp³-hybridized carbons (Fsp3) is 0.0952. The molecule has 10 aromatic rings. The molecule has 7 aromatic carbocycles. The van der Waals surface area contributed by atoms with E-state index < -0.39 is 11.2 Å². The van der Waals surface area contributed by atoms with E-state index in [4.69, 9.17) is 24.4 Å². The standard InChI is InChI=1S/C63H48N3O2.Ir/c1-62(2,51-33-35-59(64-41-51)47-21-11-6-12-22-47)67-53-37-50(38-54(39-53)68-63(3,4)52-34-36-60(65-42-52)48-23-13-7-14-24-48)55-27-17-18-28-56(55)58-43-66-61(49-25-15-8-16-26-49)40-57(58)46-31-29-45(30-32-46)44-19-9-5-10-20-44;/h5-21,23,25,27-43H,1-4H3;/q-3;+3. The normalized spacial score (nSPS) is 11.4. The summed E-state index contributed by atoms with van der Waals surface area (Å²) >= 11 is 0. The van der Waals surface area contributed by atoms with Crippen LogP contribution < -0.4 is 9.47 Å². The maximum atomic E-state index is 7.01. The zero-order valence-corrected chi connectivity index (χ0v) is 41.2. The number of pyridine rings is 3. The van der Waals surface area contributed by atoms with E-state index >= 15 is 0 Å². The second kappa shape index (κ2) is 20.2. The van der Waals surface area contributed by atoms with Gasteiger partial charge in [0, 0.05) is 41.3 Å². The van der Waals surface area contributed by atoms with Crippen LogP contribution in [0.2, 0.25) is 0 Å². The third-order valence-corrected chi connectivity index (χ3v) is 12.2. The number of ether oxygens (including phenoxy) is 2. The molecule has 0 bridgehead atoms. The maximum absolute atomic E-state index is 7.01. The second-order valence-electron chi connectivity index (χ2n) is 17.7. The number of nitrogens with zero attached hydrogens (tertiary/aromatic N) is 3. The maximum Gasteiger partial charge on any atom is 3.00 e. The summed E-state index contributed by atoms with van der Waals surface area (Å²) in [4.78, 5) is 14.7. The van der Waals surface area contributed by atoms with Gasteiger partial charge in [0.1, 0.15) is 22.7 Å². The Morgan fingerprint density at radius 1 is 0.348 bits per heavy atom. The van der Waals surface area contributed by atoms with Crippen molar-refractivity contribution < 1.29 is 29.6 Å². The summed E-state index contributed by atoms with van der Waals surface area (Å²) < 4.78 is 14.0.